The van der Waals surface area contributed by atoms with Crippen molar-refractivity contribution in [3.8, 4) is 0 Å². The molecule has 5 heteroatoms. The first kappa shape index (κ1) is 13.5. The van der Waals surface area contributed by atoms with E-state index >= 15 is 0 Å². The van der Waals surface area contributed by atoms with E-state index in [1.54, 1.807) is 4.90 Å². The molecule has 19 heavy (non-hydrogen) atoms. The summed E-state index contributed by atoms with van der Waals surface area (Å²) in [5.74, 6) is -1.25. The number of carbonyl (C=O) groups excluding carboxylic acids is 1. The molecule has 1 saturated heterocycles. The first-order chi connectivity index (χ1) is 9.01. The van der Waals surface area contributed by atoms with Gasteiger partial charge in [0.15, 0.2) is 0 Å². The molecule has 0 radical (unpaired) electrons. The molecule has 4 nitrogen and oxygen atoms in total. The van der Waals surface area contributed by atoms with Gasteiger partial charge in [-0.05, 0) is 24.1 Å². The molecule has 1 amide bonds. The minimum Gasteiger partial charge on any atom is -0.478 e. The van der Waals surface area contributed by atoms with Crippen LogP contribution in [0.25, 0.3) is 0 Å². The molecule has 0 aromatic heterocycles. The van der Waals surface area contributed by atoms with E-state index in [2.05, 4.69) is 0 Å². The Balaban J connectivity index is 2.17. The lowest BCUT2D eigenvalue weighted by Gasteiger charge is -2.17. The first-order valence-electron chi connectivity index (χ1n) is 6.30. The number of rotatable bonds is 4. The smallest absolute Gasteiger partial charge is 0.335 e. The van der Waals surface area contributed by atoms with Gasteiger partial charge in [-0.25, -0.2) is 9.18 Å². The first-order valence-corrected chi connectivity index (χ1v) is 6.30. The number of hydrogen-bond acceptors (Lipinski definition) is 2. The zero-order valence-electron chi connectivity index (χ0n) is 10.7. The summed E-state index contributed by atoms with van der Waals surface area (Å²) in [6, 6.07) is 3.66. The Morgan fingerprint density at radius 2 is 2.26 bits per heavy atom. The third-order valence-electron chi connectivity index (χ3n) is 3.53. The van der Waals surface area contributed by atoms with Crippen molar-refractivity contribution >= 4 is 11.9 Å². The molecule has 1 atom stereocenters. The third-order valence-corrected chi connectivity index (χ3v) is 3.53. The number of carbonyl (C=O) groups is 2. The second kappa shape index (κ2) is 5.38. The third kappa shape index (κ3) is 2.92. The largest absolute Gasteiger partial charge is 0.478 e. The maximum Gasteiger partial charge on any atom is 0.335 e. The van der Waals surface area contributed by atoms with E-state index in [1.807, 2.05) is 6.92 Å². The SMILES string of the molecule is CCC1CC(=O)N(Cc2cc(C(=O)O)ccc2F)C1. The summed E-state index contributed by atoms with van der Waals surface area (Å²) >= 11 is 0. The lowest BCUT2D eigenvalue weighted by molar-refractivity contribution is -0.128. The number of halogens is 1. The van der Waals surface area contributed by atoms with Crippen LogP contribution < -0.4 is 0 Å². The maximum absolute atomic E-state index is 13.7. The monoisotopic (exact) mass is 265 g/mol. The lowest BCUT2D eigenvalue weighted by atomic mass is 10.1. The van der Waals surface area contributed by atoms with E-state index in [0.717, 1.165) is 12.5 Å². The average molecular weight is 265 g/mol. The van der Waals surface area contributed by atoms with Crippen molar-refractivity contribution in [1.29, 1.82) is 0 Å². The highest BCUT2D eigenvalue weighted by Gasteiger charge is 2.28. The quantitative estimate of drug-likeness (QED) is 0.908. The fraction of sp³-hybridized carbons (Fsp3) is 0.429. The van der Waals surface area contributed by atoms with Gasteiger partial charge in [0.05, 0.1) is 5.56 Å². The molecule has 0 aliphatic carbocycles. The zero-order chi connectivity index (χ0) is 14.0. The van der Waals surface area contributed by atoms with Gasteiger partial charge in [0.1, 0.15) is 5.82 Å². The second-order valence-corrected chi connectivity index (χ2v) is 4.86. The van der Waals surface area contributed by atoms with E-state index in [0.29, 0.717) is 18.9 Å². The van der Waals surface area contributed by atoms with Crippen LogP contribution in [0.3, 0.4) is 0 Å². The molecule has 2 rings (SSSR count). The van der Waals surface area contributed by atoms with Crippen molar-refractivity contribution in [3.63, 3.8) is 0 Å². The molecule has 0 saturated carbocycles. The molecule has 1 heterocycles. The fourth-order valence-electron chi connectivity index (χ4n) is 2.31. The number of benzene rings is 1. The number of carboxylic acid groups (broad SMARTS) is 1. The average Bonchev–Trinajstić information content (AvgIpc) is 2.72. The summed E-state index contributed by atoms with van der Waals surface area (Å²) in [5.41, 5.74) is 0.292. The summed E-state index contributed by atoms with van der Waals surface area (Å²) in [6.07, 6.45) is 1.41. The minimum absolute atomic E-state index is 0.00646. The Hall–Kier alpha value is -1.91. The molecule has 102 valence electrons. The van der Waals surface area contributed by atoms with Crippen molar-refractivity contribution in [2.45, 2.75) is 26.3 Å². The number of aromatic carboxylic acids is 1. The van der Waals surface area contributed by atoms with E-state index in [9.17, 15) is 14.0 Å². The van der Waals surface area contributed by atoms with Gasteiger partial charge in [-0.1, -0.05) is 13.3 Å². The van der Waals surface area contributed by atoms with Crippen LogP contribution >= 0.6 is 0 Å². The number of nitrogens with zero attached hydrogens (tertiary/aromatic N) is 1. The summed E-state index contributed by atoms with van der Waals surface area (Å²) in [6.45, 7) is 2.78. The van der Waals surface area contributed by atoms with Gasteiger partial charge < -0.3 is 10.0 Å². The number of carboxylic acids is 1. The van der Waals surface area contributed by atoms with Crippen molar-refractivity contribution in [1.82, 2.24) is 4.90 Å². The standard InChI is InChI=1S/C14H16FNO3/c1-2-9-5-13(17)16(7-9)8-11-6-10(14(18)19)3-4-12(11)15/h3-4,6,9H,2,5,7-8H2,1H3,(H,18,19). The minimum atomic E-state index is -1.10. The Labute approximate surface area is 110 Å². The van der Waals surface area contributed by atoms with Crippen molar-refractivity contribution in [2.24, 2.45) is 5.92 Å². The fourth-order valence-corrected chi connectivity index (χ4v) is 2.31. The molecule has 1 aromatic carbocycles. The van der Waals surface area contributed by atoms with Crippen LogP contribution in [0, 0.1) is 11.7 Å². The number of hydrogen-bond donors (Lipinski definition) is 1. The van der Waals surface area contributed by atoms with Gasteiger partial charge >= 0.3 is 5.97 Å². The second-order valence-electron chi connectivity index (χ2n) is 4.86. The topological polar surface area (TPSA) is 57.6 Å². The van der Waals surface area contributed by atoms with E-state index in [4.69, 9.17) is 5.11 Å². The molecule has 1 fully saturated rings. The van der Waals surface area contributed by atoms with Crippen LogP contribution in [0.4, 0.5) is 4.39 Å². The van der Waals surface area contributed by atoms with Crippen molar-refractivity contribution < 1.29 is 19.1 Å². The predicted octanol–water partition coefficient (Wildman–Crippen LogP) is 2.28. The van der Waals surface area contributed by atoms with Gasteiger partial charge in [0.2, 0.25) is 5.91 Å². The number of amides is 1. The van der Waals surface area contributed by atoms with Crippen LogP contribution in [-0.2, 0) is 11.3 Å². The highest BCUT2D eigenvalue weighted by molar-refractivity contribution is 5.87. The zero-order valence-corrected chi connectivity index (χ0v) is 10.7. The Morgan fingerprint density at radius 3 is 2.84 bits per heavy atom. The van der Waals surface area contributed by atoms with Crippen LogP contribution in [0.15, 0.2) is 18.2 Å². The Kier molecular flexibility index (Phi) is 3.83. The normalized spacial score (nSPS) is 18.9. The van der Waals surface area contributed by atoms with Gasteiger partial charge in [0.25, 0.3) is 0 Å². The molecule has 1 N–H and O–H groups in total. The van der Waals surface area contributed by atoms with Crippen LogP contribution in [-0.4, -0.2) is 28.4 Å². The van der Waals surface area contributed by atoms with Gasteiger partial charge in [0, 0.05) is 25.1 Å². The van der Waals surface area contributed by atoms with Crippen LogP contribution in [0.2, 0.25) is 0 Å². The Bertz CT molecular complexity index is 515. The summed E-state index contributed by atoms with van der Waals surface area (Å²) in [5, 5.41) is 8.89. The molecular formula is C14H16FNO3. The lowest BCUT2D eigenvalue weighted by Crippen LogP contribution is -2.25. The van der Waals surface area contributed by atoms with Crippen molar-refractivity contribution in [2.75, 3.05) is 6.54 Å². The highest BCUT2D eigenvalue weighted by Crippen LogP contribution is 2.23. The highest BCUT2D eigenvalue weighted by atomic mass is 19.1. The number of likely N-dealkylation sites (tertiary alicyclic amines) is 1. The molecule has 1 aliphatic rings. The van der Waals surface area contributed by atoms with Crippen LogP contribution in [0.1, 0.15) is 35.7 Å². The molecule has 0 bridgehead atoms. The summed E-state index contributed by atoms with van der Waals surface area (Å²) in [7, 11) is 0. The van der Waals surface area contributed by atoms with E-state index in [1.165, 1.54) is 12.1 Å². The molecular weight excluding hydrogens is 249 g/mol. The molecule has 1 aromatic rings. The summed E-state index contributed by atoms with van der Waals surface area (Å²) in [4.78, 5) is 24.2. The molecule has 1 unspecified atom stereocenters. The summed E-state index contributed by atoms with van der Waals surface area (Å²) < 4.78 is 13.7. The van der Waals surface area contributed by atoms with Crippen LogP contribution in [0.5, 0.6) is 0 Å². The van der Waals surface area contributed by atoms with Gasteiger partial charge in [-0.3, -0.25) is 4.79 Å². The van der Waals surface area contributed by atoms with Gasteiger partial charge in [-0.15, -0.1) is 0 Å². The maximum atomic E-state index is 13.7. The predicted molar refractivity (Wildman–Crippen MR) is 67.2 cm³/mol. The molecule has 1 aliphatic heterocycles. The van der Waals surface area contributed by atoms with Crippen molar-refractivity contribution in [3.05, 3.63) is 35.1 Å². The van der Waals surface area contributed by atoms with E-state index < -0.39 is 11.8 Å². The Morgan fingerprint density at radius 1 is 1.53 bits per heavy atom. The molecule has 0 spiro atoms. The van der Waals surface area contributed by atoms with E-state index in [-0.39, 0.29) is 23.6 Å². The van der Waals surface area contributed by atoms with Gasteiger partial charge in [-0.2, -0.15) is 0 Å².